The Morgan fingerprint density at radius 2 is 2.06 bits per heavy atom. The molecule has 1 aromatic rings. The van der Waals surface area contributed by atoms with Crippen LogP contribution in [0.2, 0.25) is 0 Å². The van der Waals surface area contributed by atoms with Crippen LogP contribution in [0.1, 0.15) is 31.4 Å². The number of fused-ring (bicyclic) bond motifs is 1. The Morgan fingerprint density at radius 3 is 2.75 bits per heavy atom. The third kappa shape index (κ3) is 2.12. The van der Waals surface area contributed by atoms with Crippen molar-refractivity contribution >= 4 is 0 Å². The van der Waals surface area contributed by atoms with Crippen molar-refractivity contribution in [2.75, 3.05) is 7.05 Å². The SMILES string of the molecule is CNC(C)(C)C1CCc2ccc(F)cc2C1. The summed E-state index contributed by atoms with van der Waals surface area (Å²) < 4.78 is 13.2. The van der Waals surface area contributed by atoms with Crippen LogP contribution in [0.5, 0.6) is 0 Å². The van der Waals surface area contributed by atoms with Crippen molar-refractivity contribution in [1.29, 1.82) is 0 Å². The Labute approximate surface area is 97.1 Å². The number of aryl methyl sites for hydroxylation is 1. The molecule has 0 fully saturated rings. The lowest BCUT2D eigenvalue weighted by atomic mass is 9.74. The molecule has 2 heteroatoms. The van der Waals surface area contributed by atoms with Gasteiger partial charge in [0.1, 0.15) is 5.82 Å². The average molecular weight is 221 g/mol. The highest BCUT2D eigenvalue weighted by Crippen LogP contribution is 2.32. The maximum absolute atomic E-state index is 13.2. The first kappa shape index (κ1) is 11.6. The van der Waals surface area contributed by atoms with Crippen LogP contribution in [0.25, 0.3) is 0 Å². The highest BCUT2D eigenvalue weighted by Gasteiger charge is 2.30. The second-order valence-electron chi connectivity index (χ2n) is 5.32. The van der Waals surface area contributed by atoms with E-state index in [1.54, 1.807) is 12.1 Å². The van der Waals surface area contributed by atoms with Crippen LogP contribution in [0.4, 0.5) is 4.39 Å². The maximum Gasteiger partial charge on any atom is 0.123 e. The van der Waals surface area contributed by atoms with Gasteiger partial charge < -0.3 is 5.32 Å². The molecule has 1 unspecified atom stereocenters. The molecule has 0 amide bonds. The molecule has 16 heavy (non-hydrogen) atoms. The second kappa shape index (κ2) is 4.17. The minimum Gasteiger partial charge on any atom is -0.315 e. The quantitative estimate of drug-likeness (QED) is 0.809. The Bertz CT molecular complexity index is 384. The van der Waals surface area contributed by atoms with Gasteiger partial charge in [-0.2, -0.15) is 0 Å². The van der Waals surface area contributed by atoms with Crippen LogP contribution < -0.4 is 5.32 Å². The number of nitrogens with one attached hydrogen (secondary N) is 1. The molecule has 0 aliphatic heterocycles. The van der Waals surface area contributed by atoms with Gasteiger partial charge in [-0.3, -0.25) is 0 Å². The highest BCUT2D eigenvalue weighted by atomic mass is 19.1. The first-order valence-electron chi connectivity index (χ1n) is 5.99. The van der Waals surface area contributed by atoms with Gasteiger partial charge in [0.05, 0.1) is 0 Å². The molecular weight excluding hydrogens is 201 g/mol. The molecule has 1 aromatic carbocycles. The van der Waals surface area contributed by atoms with Crippen molar-refractivity contribution in [2.24, 2.45) is 5.92 Å². The fraction of sp³-hybridized carbons (Fsp3) is 0.571. The van der Waals surface area contributed by atoms with Gasteiger partial charge in [0.15, 0.2) is 0 Å². The number of hydrogen-bond donors (Lipinski definition) is 1. The first-order chi connectivity index (χ1) is 7.53. The third-order valence-corrected chi connectivity index (χ3v) is 4.06. The third-order valence-electron chi connectivity index (χ3n) is 4.06. The lowest BCUT2D eigenvalue weighted by Gasteiger charge is -2.37. The molecular formula is C14H20FN. The molecule has 0 bridgehead atoms. The fourth-order valence-corrected chi connectivity index (χ4v) is 2.55. The normalized spacial score (nSPS) is 20.6. The Kier molecular flexibility index (Phi) is 3.02. The van der Waals surface area contributed by atoms with E-state index in [-0.39, 0.29) is 11.4 Å². The number of hydrogen-bond acceptors (Lipinski definition) is 1. The van der Waals surface area contributed by atoms with Crippen molar-refractivity contribution < 1.29 is 4.39 Å². The zero-order valence-corrected chi connectivity index (χ0v) is 10.3. The predicted molar refractivity (Wildman–Crippen MR) is 65.1 cm³/mol. The number of benzene rings is 1. The summed E-state index contributed by atoms with van der Waals surface area (Å²) in [7, 11) is 2.00. The van der Waals surface area contributed by atoms with E-state index < -0.39 is 0 Å². The monoisotopic (exact) mass is 221 g/mol. The van der Waals surface area contributed by atoms with Gasteiger partial charge >= 0.3 is 0 Å². The zero-order chi connectivity index (χ0) is 11.8. The minimum absolute atomic E-state index is 0.110. The summed E-state index contributed by atoms with van der Waals surface area (Å²) in [5, 5.41) is 3.36. The van der Waals surface area contributed by atoms with Crippen LogP contribution in [0.3, 0.4) is 0 Å². The molecule has 1 aliphatic carbocycles. The summed E-state index contributed by atoms with van der Waals surface area (Å²) in [6, 6.07) is 5.21. The lowest BCUT2D eigenvalue weighted by molar-refractivity contribution is 0.243. The van der Waals surface area contributed by atoms with E-state index in [1.165, 1.54) is 17.5 Å². The van der Waals surface area contributed by atoms with Crippen molar-refractivity contribution in [3.8, 4) is 0 Å². The van der Waals surface area contributed by atoms with Crippen molar-refractivity contribution in [3.05, 3.63) is 35.1 Å². The Morgan fingerprint density at radius 1 is 1.31 bits per heavy atom. The molecule has 0 heterocycles. The van der Waals surface area contributed by atoms with E-state index in [1.807, 2.05) is 13.1 Å². The van der Waals surface area contributed by atoms with E-state index in [0.29, 0.717) is 5.92 Å². The molecule has 1 N–H and O–H groups in total. The van der Waals surface area contributed by atoms with E-state index in [4.69, 9.17) is 0 Å². The minimum atomic E-state index is -0.110. The van der Waals surface area contributed by atoms with Gasteiger partial charge in [0.2, 0.25) is 0 Å². The molecule has 1 atom stereocenters. The molecule has 1 aliphatic rings. The van der Waals surface area contributed by atoms with Gasteiger partial charge in [0, 0.05) is 5.54 Å². The second-order valence-corrected chi connectivity index (χ2v) is 5.32. The Hall–Kier alpha value is -0.890. The molecule has 0 saturated heterocycles. The summed E-state index contributed by atoms with van der Waals surface area (Å²) in [4.78, 5) is 0. The van der Waals surface area contributed by atoms with Crippen molar-refractivity contribution in [3.63, 3.8) is 0 Å². The number of rotatable bonds is 2. The average Bonchev–Trinajstić information content (AvgIpc) is 2.28. The summed E-state index contributed by atoms with van der Waals surface area (Å²) in [6.45, 7) is 4.45. The van der Waals surface area contributed by atoms with Gasteiger partial charge in [-0.15, -0.1) is 0 Å². The lowest BCUT2D eigenvalue weighted by Crippen LogP contribution is -2.46. The molecule has 0 aromatic heterocycles. The summed E-state index contributed by atoms with van der Waals surface area (Å²) in [6.07, 6.45) is 3.25. The predicted octanol–water partition coefficient (Wildman–Crippen LogP) is 2.93. The van der Waals surface area contributed by atoms with E-state index >= 15 is 0 Å². The molecule has 1 nitrogen and oxygen atoms in total. The van der Waals surface area contributed by atoms with Gasteiger partial charge in [-0.1, -0.05) is 6.07 Å². The molecule has 0 spiro atoms. The van der Waals surface area contributed by atoms with Crippen LogP contribution in [-0.4, -0.2) is 12.6 Å². The van der Waals surface area contributed by atoms with E-state index in [9.17, 15) is 4.39 Å². The topological polar surface area (TPSA) is 12.0 Å². The van der Waals surface area contributed by atoms with E-state index in [0.717, 1.165) is 12.8 Å². The van der Waals surface area contributed by atoms with Crippen molar-refractivity contribution in [2.45, 2.75) is 38.6 Å². The van der Waals surface area contributed by atoms with Crippen molar-refractivity contribution in [1.82, 2.24) is 5.32 Å². The highest BCUT2D eigenvalue weighted by molar-refractivity contribution is 5.31. The molecule has 0 radical (unpaired) electrons. The zero-order valence-electron chi connectivity index (χ0n) is 10.3. The van der Waals surface area contributed by atoms with Crippen LogP contribution in [0, 0.1) is 11.7 Å². The largest absolute Gasteiger partial charge is 0.315 e. The van der Waals surface area contributed by atoms with Gasteiger partial charge in [0.25, 0.3) is 0 Å². The molecule has 88 valence electrons. The van der Waals surface area contributed by atoms with Crippen LogP contribution in [-0.2, 0) is 12.8 Å². The van der Waals surface area contributed by atoms with Crippen LogP contribution in [0.15, 0.2) is 18.2 Å². The summed E-state index contributed by atoms with van der Waals surface area (Å²) in [5.74, 6) is 0.480. The summed E-state index contributed by atoms with van der Waals surface area (Å²) in [5.41, 5.74) is 2.65. The fourth-order valence-electron chi connectivity index (χ4n) is 2.55. The maximum atomic E-state index is 13.2. The molecule has 2 rings (SSSR count). The smallest absolute Gasteiger partial charge is 0.123 e. The summed E-state index contributed by atoms with van der Waals surface area (Å²) >= 11 is 0. The van der Waals surface area contributed by atoms with Gasteiger partial charge in [-0.05, 0) is 69.3 Å². The Balaban J connectivity index is 2.23. The standard InChI is InChI=1S/C14H20FN/c1-14(2,16-3)12-6-4-10-5-7-13(15)9-11(10)8-12/h5,7,9,12,16H,4,6,8H2,1-3H3. The molecule has 0 saturated carbocycles. The first-order valence-corrected chi connectivity index (χ1v) is 5.99. The number of halogens is 1. The van der Waals surface area contributed by atoms with E-state index in [2.05, 4.69) is 19.2 Å². The van der Waals surface area contributed by atoms with Gasteiger partial charge in [-0.25, -0.2) is 4.39 Å². The van der Waals surface area contributed by atoms with Crippen LogP contribution >= 0.6 is 0 Å².